The molecule has 2 aliphatic rings. The van der Waals surface area contributed by atoms with Crippen molar-refractivity contribution in [3.8, 4) is 11.5 Å². The maximum Gasteiger partial charge on any atom is 0.314 e. The Morgan fingerprint density at radius 1 is 1.02 bits per heavy atom. The van der Waals surface area contributed by atoms with Crippen molar-refractivity contribution in [3.05, 3.63) is 59.9 Å². The Labute approximate surface area is 275 Å². The van der Waals surface area contributed by atoms with Crippen molar-refractivity contribution >= 4 is 34.7 Å². The van der Waals surface area contributed by atoms with Crippen LogP contribution in [0.2, 0.25) is 0 Å². The lowest BCUT2D eigenvalue weighted by atomic mass is 9.76. The minimum atomic E-state index is -1.02. The predicted molar refractivity (Wildman–Crippen MR) is 176 cm³/mol. The summed E-state index contributed by atoms with van der Waals surface area (Å²) in [6.07, 6.45) is 5.22. The molecule has 3 amide bonds. The lowest BCUT2D eigenvalue weighted by Gasteiger charge is -2.33. The molecular formula is C35H45N5O7. The zero-order valence-electron chi connectivity index (χ0n) is 27.7. The van der Waals surface area contributed by atoms with Gasteiger partial charge >= 0.3 is 5.97 Å². The third kappa shape index (κ3) is 9.63. The standard InChI is InChI=1S/C35H45N5O7/c1-5-46-34(44)35(13-12-24(2)3)21-25-8-11-29(30(19-25)45-4)47-22-32(42)38-16-18-40(17-6-7-31(41)39-23-35)33(43)26-9-10-27-28(20-26)37-15-14-36-27/h8-11,14-15,19-20,24H,5-7,12-13,16-18,21-23H2,1-4H3,(H,38,42)(H,39,41). The van der Waals surface area contributed by atoms with Crippen molar-refractivity contribution < 1.29 is 33.4 Å². The van der Waals surface area contributed by atoms with E-state index in [1.54, 1.807) is 54.5 Å². The van der Waals surface area contributed by atoms with E-state index in [4.69, 9.17) is 14.2 Å². The fourth-order valence-electron chi connectivity index (χ4n) is 5.57. The van der Waals surface area contributed by atoms with Crippen molar-refractivity contribution in [2.75, 3.05) is 46.5 Å². The fourth-order valence-corrected chi connectivity index (χ4v) is 5.57. The Balaban J connectivity index is 1.61. The molecule has 2 bridgehead atoms. The molecule has 0 saturated heterocycles. The van der Waals surface area contributed by atoms with Gasteiger partial charge in [0.1, 0.15) is 0 Å². The van der Waals surface area contributed by atoms with Crippen molar-refractivity contribution in [2.24, 2.45) is 11.3 Å². The fraction of sp³-hybridized carbons (Fsp3) is 0.486. The number of fused-ring (bicyclic) bond motifs is 17. The quantitative estimate of drug-likeness (QED) is 0.289. The number of esters is 1. The van der Waals surface area contributed by atoms with Gasteiger partial charge in [0.25, 0.3) is 11.8 Å². The Morgan fingerprint density at radius 2 is 1.81 bits per heavy atom. The molecule has 12 heteroatoms. The van der Waals surface area contributed by atoms with E-state index in [0.717, 1.165) is 12.0 Å². The largest absolute Gasteiger partial charge is 0.493 e. The van der Waals surface area contributed by atoms with E-state index >= 15 is 0 Å². The average molecular weight is 648 g/mol. The number of benzene rings is 2. The van der Waals surface area contributed by atoms with E-state index in [9.17, 15) is 19.2 Å². The topological polar surface area (TPSA) is 149 Å². The first-order chi connectivity index (χ1) is 22.6. The Kier molecular flexibility index (Phi) is 12.5. The van der Waals surface area contributed by atoms with Gasteiger partial charge in [-0.3, -0.25) is 29.1 Å². The molecule has 5 rings (SSSR count). The monoisotopic (exact) mass is 647 g/mol. The van der Waals surface area contributed by atoms with Crippen LogP contribution in [0.3, 0.4) is 0 Å². The van der Waals surface area contributed by atoms with Crippen LogP contribution in [-0.4, -0.2) is 85.1 Å². The van der Waals surface area contributed by atoms with Gasteiger partial charge in [0.2, 0.25) is 5.91 Å². The summed E-state index contributed by atoms with van der Waals surface area (Å²) in [5.41, 5.74) is 1.47. The Morgan fingerprint density at radius 3 is 2.55 bits per heavy atom. The number of rotatable bonds is 7. The minimum Gasteiger partial charge on any atom is -0.493 e. The normalized spacial score (nSPS) is 18.4. The van der Waals surface area contributed by atoms with Crippen molar-refractivity contribution in [1.82, 2.24) is 25.5 Å². The molecule has 0 radical (unpaired) electrons. The van der Waals surface area contributed by atoms with E-state index in [0.29, 0.717) is 53.3 Å². The summed E-state index contributed by atoms with van der Waals surface area (Å²) in [6.45, 7) is 6.65. The number of ether oxygens (including phenoxy) is 3. The average Bonchev–Trinajstić information content (AvgIpc) is 3.07. The van der Waals surface area contributed by atoms with E-state index in [1.807, 2.05) is 6.07 Å². The van der Waals surface area contributed by atoms with Gasteiger partial charge in [-0.1, -0.05) is 19.9 Å². The van der Waals surface area contributed by atoms with Crippen molar-refractivity contribution in [1.29, 1.82) is 0 Å². The van der Waals surface area contributed by atoms with Crippen LogP contribution in [0.1, 0.15) is 62.4 Å². The summed E-state index contributed by atoms with van der Waals surface area (Å²) in [7, 11) is 1.51. The lowest BCUT2D eigenvalue weighted by Crippen LogP contribution is -2.46. The second kappa shape index (κ2) is 16.7. The first-order valence-electron chi connectivity index (χ1n) is 16.1. The number of carbonyl (C=O) groups excluding carboxylic acids is 4. The summed E-state index contributed by atoms with van der Waals surface area (Å²) < 4.78 is 16.9. The van der Waals surface area contributed by atoms with E-state index in [-0.39, 0.29) is 69.5 Å². The minimum absolute atomic E-state index is 0.0944. The van der Waals surface area contributed by atoms with Crippen molar-refractivity contribution in [3.63, 3.8) is 0 Å². The molecule has 0 aliphatic carbocycles. The number of aromatic nitrogens is 2. The number of hydrogen-bond donors (Lipinski definition) is 2. The van der Waals surface area contributed by atoms with Crippen LogP contribution in [0.5, 0.6) is 11.5 Å². The highest BCUT2D eigenvalue weighted by Crippen LogP contribution is 2.35. The molecule has 3 aromatic rings. The van der Waals surface area contributed by atoms with Crippen LogP contribution >= 0.6 is 0 Å². The number of nitrogens with zero attached hydrogens (tertiary/aromatic N) is 3. The SMILES string of the molecule is CCOC(=O)C1(CCC(C)C)CNC(=O)CCCN(C(=O)c2ccc3nccnc3c2)CCNC(=O)COc2ccc(cc2OC)C1. The van der Waals surface area contributed by atoms with Gasteiger partial charge in [-0.15, -0.1) is 0 Å². The van der Waals surface area contributed by atoms with Crippen LogP contribution in [0, 0.1) is 11.3 Å². The highest BCUT2D eigenvalue weighted by atomic mass is 16.5. The summed E-state index contributed by atoms with van der Waals surface area (Å²) in [5, 5.41) is 5.81. The second-order valence-corrected chi connectivity index (χ2v) is 12.2. The van der Waals surface area contributed by atoms with Crippen LogP contribution in [0.4, 0.5) is 0 Å². The summed E-state index contributed by atoms with van der Waals surface area (Å²) in [6, 6.07) is 10.4. The molecule has 2 aromatic carbocycles. The van der Waals surface area contributed by atoms with Gasteiger partial charge < -0.3 is 29.7 Å². The Bertz CT molecular complexity index is 1560. The first-order valence-corrected chi connectivity index (χ1v) is 16.1. The zero-order chi connectivity index (χ0) is 33.8. The maximum absolute atomic E-state index is 13.6. The van der Waals surface area contributed by atoms with Crippen LogP contribution in [0.15, 0.2) is 48.8 Å². The molecule has 1 aromatic heterocycles. The van der Waals surface area contributed by atoms with Crippen molar-refractivity contribution in [2.45, 2.75) is 52.9 Å². The molecule has 47 heavy (non-hydrogen) atoms. The molecule has 12 nitrogen and oxygen atoms in total. The molecule has 1 atom stereocenters. The summed E-state index contributed by atoms with van der Waals surface area (Å²) in [4.78, 5) is 63.3. The van der Waals surface area contributed by atoms with Gasteiger partial charge in [0.05, 0.1) is 30.2 Å². The lowest BCUT2D eigenvalue weighted by molar-refractivity contribution is -0.156. The number of amides is 3. The number of nitrogens with one attached hydrogen (secondary N) is 2. The molecule has 2 N–H and O–H groups in total. The third-order valence-electron chi connectivity index (χ3n) is 8.20. The van der Waals surface area contributed by atoms with Crippen LogP contribution in [0.25, 0.3) is 11.0 Å². The molecule has 0 fully saturated rings. The van der Waals surface area contributed by atoms with Crippen LogP contribution < -0.4 is 20.1 Å². The van der Waals surface area contributed by atoms with E-state index < -0.39 is 5.41 Å². The summed E-state index contributed by atoms with van der Waals surface area (Å²) >= 11 is 0. The first kappa shape index (κ1) is 35.1. The predicted octanol–water partition coefficient (Wildman–Crippen LogP) is 3.71. The molecule has 2 aliphatic heterocycles. The molecule has 0 spiro atoms. The van der Waals surface area contributed by atoms with Gasteiger partial charge in [-0.05, 0) is 74.4 Å². The maximum atomic E-state index is 13.6. The summed E-state index contributed by atoms with van der Waals surface area (Å²) in [5.74, 6) is -0.119. The number of hydrogen-bond acceptors (Lipinski definition) is 9. The number of methoxy groups -OCH3 is 1. The highest BCUT2D eigenvalue weighted by molar-refractivity contribution is 5.97. The molecule has 0 saturated carbocycles. The third-order valence-corrected chi connectivity index (χ3v) is 8.20. The van der Waals surface area contributed by atoms with Gasteiger partial charge in [0.15, 0.2) is 18.1 Å². The highest BCUT2D eigenvalue weighted by Gasteiger charge is 2.40. The van der Waals surface area contributed by atoms with E-state index in [1.165, 1.54) is 7.11 Å². The van der Waals surface area contributed by atoms with Gasteiger partial charge in [-0.25, -0.2) is 0 Å². The van der Waals surface area contributed by atoms with E-state index in [2.05, 4.69) is 34.4 Å². The molecular weight excluding hydrogens is 602 g/mol. The van der Waals surface area contributed by atoms with Gasteiger partial charge in [-0.2, -0.15) is 0 Å². The Hall–Kier alpha value is -4.74. The smallest absolute Gasteiger partial charge is 0.314 e. The number of carbonyl (C=O) groups is 4. The second-order valence-electron chi connectivity index (χ2n) is 12.2. The van der Waals surface area contributed by atoms with Crippen LogP contribution in [-0.2, 0) is 25.5 Å². The zero-order valence-corrected chi connectivity index (χ0v) is 27.7. The molecule has 3 heterocycles. The molecule has 252 valence electrons. The molecule has 1 unspecified atom stereocenters. The van der Waals surface area contributed by atoms with Gasteiger partial charge in [0, 0.05) is 50.6 Å².